The van der Waals surface area contributed by atoms with Crippen molar-refractivity contribution in [1.29, 1.82) is 0 Å². The fraction of sp³-hybridized carbons (Fsp3) is 0.483. The lowest BCUT2D eigenvalue weighted by molar-refractivity contribution is -0.141. The summed E-state index contributed by atoms with van der Waals surface area (Å²) in [4.78, 5) is 81.2. The van der Waals surface area contributed by atoms with E-state index in [1.54, 1.807) is 44.6 Å². The van der Waals surface area contributed by atoms with Crippen LogP contribution in [0.5, 0.6) is 17.5 Å². The Bertz CT molecular complexity index is 3530. The predicted octanol–water partition coefficient (Wildman–Crippen LogP) is 6.67. The highest BCUT2D eigenvalue weighted by Gasteiger charge is 2.48. The van der Waals surface area contributed by atoms with Crippen LogP contribution in [0.3, 0.4) is 0 Å². The highest BCUT2D eigenvalue weighted by atomic mass is 32.1. The summed E-state index contributed by atoms with van der Waals surface area (Å²) >= 11 is 1.51. The van der Waals surface area contributed by atoms with Crippen LogP contribution in [0.25, 0.3) is 21.7 Å². The number of para-hydroxylation sites is 1. The van der Waals surface area contributed by atoms with Crippen LogP contribution in [-0.2, 0) is 32.1 Å². The number of benzene rings is 2. The number of hydrogen-bond donors (Lipinski definition) is 7. The van der Waals surface area contributed by atoms with Crippen molar-refractivity contribution in [3.63, 3.8) is 0 Å². The minimum atomic E-state index is -5.43. The number of phenolic OH excluding ortho intramolecular Hbond substituents is 1. The van der Waals surface area contributed by atoms with E-state index in [2.05, 4.69) is 66.0 Å². The summed E-state index contributed by atoms with van der Waals surface area (Å²) in [6.45, 7) is 13.8. The first-order valence-electron chi connectivity index (χ1n) is 29.5. The zero-order chi connectivity index (χ0) is 63.1. The molecule has 89 heavy (non-hydrogen) atoms. The fourth-order valence-corrected chi connectivity index (χ4v) is 15.2. The molecule has 2 bridgehead atoms. The van der Waals surface area contributed by atoms with Crippen LogP contribution in [-0.4, -0.2) is 187 Å². The van der Waals surface area contributed by atoms with E-state index < -0.39 is 83.3 Å². The molecule has 4 aromatic heterocycles. The molecular formula is C58H75N13O15P2S. The van der Waals surface area contributed by atoms with Gasteiger partial charge in [-0.25, -0.2) is 23.9 Å². The van der Waals surface area contributed by atoms with Gasteiger partial charge in [-0.05, 0) is 80.1 Å². The molecule has 0 aliphatic carbocycles. The van der Waals surface area contributed by atoms with Gasteiger partial charge in [-0.1, -0.05) is 50.2 Å². The van der Waals surface area contributed by atoms with Crippen molar-refractivity contribution in [3.8, 4) is 39.2 Å². The molecular weight excluding hydrogens is 1210 g/mol. The van der Waals surface area contributed by atoms with E-state index in [0.717, 1.165) is 78.6 Å². The van der Waals surface area contributed by atoms with Gasteiger partial charge in [-0.15, -0.1) is 21.5 Å². The molecule has 8 N–H and O–H groups in total. The maximum Gasteiger partial charge on any atom is 0.481 e. The number of phosphoric ester groups is 2. The maximum absolute atomic E-state index is 14.8. The molecule has 4 aliphatic heterocycles. The van der Waals surface area contributed by atoms with Gasteiger partial charge in [-0.3, -0.25) is 28.4 Å². The average molecular weight is 1290 g/mol. The molecule has 6 unspecified atom stereocenters. The lowest BCUT2D eigenvalue weighted by Gasteiger charge is -2.43. The average Bonchev–Trinajstić information content (AvgIpc) is 2.15. The molecule has 0 radical (unpaired) electrons. The van der Waals surface area contributed by atoms with E-state index in [9.17, 15) is 38.4 Å². The molecule has 4 fully saturated rings. The Balaban J connectivity index is 0.708. The molecule has 478 valence electrons. The maximum atomic E-state index is 14.8. The molecule has 9 atom stereocenters. The van der Waals surface area contributed by atoms with Crippen LogP contribution in [0.15, 0.2) is 89.0 Å². The number of nitrogens with zero attached hydrogens (tertiary/aromatic N) is 10. The number of aromatic nitrogens is 5. The predicted molar refractivity (Wildman–Crippen MR) is 328 cm³/mol. The number of nitrogens with one attached hydrogen (secondary N) is 2. The second kappa shape index (κ2) is 28.3. The minimum Gasteiger partial charge on any atom is -0.507 e. The molecule has 4 aliphatic rings. The zero-order valence-corrected chi connectivity index (χ0v) is 52.5. The normalized spacial score (nSPS) is 21.7. The number of thiazole rings is 1. The molecule has 31 heteroatoms. The van der Waals surface area contributed by atoms with Gasteiger partial charge in [0.2, 0.25) is 17.7 Å². The van der Waals surface area contributed by atoms with Crippen molar-refractivity contribution in [2.24, 2.45) is 5.92 Å². The Labute approximate surface area is 518 Å². The molecule has 6 aromatic rings. The number of ether oxygens (including phenoxy) is 2. The summed E-state index contributed by atoms with van der Waals surface area (Å²) in [5, 5.41) is 36.8. The molecule has 3 amide bonds. The second-order valence-electron chi connectivity index (χ2n) is 22.9. The van der Waals surface area contributed by atoms with Gasteiger partial charge in [0.25, 0.3) is 5.88 Å². The summed E-state index contributed by atoms with van der Waals surface area (Å²) in [5.41, 5.74) is 13.8. The number of phosphoric acid groups is 2. The zero-order valence-electron chi connectivity index (χ0n) is 49.9. The van der Waals surface area contributed by atoms with E-state index >= 15 is 0 Å². The third-order valence-electron chi connectivity index (χ3n) is 16.4. The van der Waals surface area contributed by atoms with E-state index in [1.165, 1.54) is 22.3 Å². The monoisotopic (exact) mass is 1290 g/mol. The number of likely N-dealkylation sites (tertiary alicyclic amines) is 1. The van der Waals surface area contributed by atoms with Gasteiger partial charge in [0, 0.05) is 113 Å². The smallest absolute Gasteiger partial charge is 0.481 e. The van der Waals surface area contributed by atoms with Gasteiger partial charge >= 0.3 is 21.7 Å². The van der Waals surface area contributed by atoms with Crippen molar-refractivity contribution in [2.75, 3.05) is 94.3 Å². The van der Waals surface area contributed by atoms with Crippen LogP contribution >= 0.6 is 27.0 Å². The number of nitrogens with two attached hydrogens (primary N) is 1. The van der Waals surface area contributed by atoms with Crippen LogP contribution in [0.2, 0.25) is 0 Å². The number of amides is 3. The minimum absolute atomic E-state index is 0.132. The van der Waals surface area contributed by atoms with Gasteiger partial charge in [0.1, 0.15) is 30.9 Å². The van der Waals surface area contributed by atoms with Crippen molar-refractivity contribution < 1.29 is 70.9 Å². The number of rotatable bonds is 26. The molecule has 10 rings (SSSR count). The number of aromatic hydroxyl groups is 1. The molecule has 28 nitrogen and oxygen atoms in total. The van der Waals surface area contributed by atoms with Crippen LogP contribution < -0.4 is 35.6 Å². The number of carbonyl (C=O) groups excluding carboxylic acids is 2. The van der Waals surface area contributed by atoms with Gasteiger partial charge in [0.05, 0.1) is 46.2 Å². The van der Waals surface area contributed by atoms with Crippen LogP contribution in [0.1, 0.15) is 75.9 Å². The molecule has 4 saturated heterocycles. The van der Waals surface area contributed by atoms with Crippen molar-refractivity contribution >= 4 is 62.1 Å². The second-order valence-corrected chi connectivity index (χ2v) is 26.8. The standard InChI is InChI=1S/C58H75N13O15P2S/c1-35(2)53(57(74)70-33-44(85-88(79,80)86-87(77,78)83-23-18-61-58(75)76)27-48(70)56(73)63-37(4)39-10-12-40(13-11-39)54-38(5)62-34-89-54)50-29-52(66-84-50)82-24-21-67-19-20-68(36(3)30-67)22-25-81-51-26-41(16-17-60-51)71-42-14-15-43(71)32-69(31-42)47-28-46(64-65-55(47)59)45-8-6-7-9-49(45)72/h6-13,16-17,26,28-29,34-37,42-44,48,53,61,72H,14-15,18-25,27,30-33H2,1-5H3,(H2,59,65)(H,63,73)(H,75,76)(H,77,78)(H,79,80)/t36-,37?,42?,43?,44-,48+,53?/m1/s1. The summed E-state index contributed by atoms with van der Waals surface area (Å²) < 4.78 is 58.4. The van der Waals surface area contributed by atoms with E-state index in [1.807, 2.05) is 66.8 Å². The lowest BCUT2D eigenvalue weighted by Crippen LogP contribution is -2.54. The van der Waals surface area contributed by atoms with Gasteiger partial charge in [-0.2, -0.15) is 4.31 Å². The fourth-order valence-electron chi connectivity index (χ4n) is 12.1. The first kappa shape index (κ1) is 64.7. The Hall–Kier alpha value is -7.30. The first-order chi connectivity index (χ1) is 42.6. The van der Waals surface area contributed by atoms with Crippen LogP contribution in [0, 0.1) is 12.8 Å². The van der Waals surface area contributed by atoms with Crippen molar-refractivity contribution in [3.05, 3.63) is 102 Å². The number of carbonyl (C=O) groups is 3. The van der Waals surface area contributed by atoms with E-state index in [0.29, 0.717) is 42.7 Å². The number of nitrogen functional groups attached to an aromatic ring is 1. The van der Waals surface area contributed by atoms with Gasteiger partial charge in [0.15, 0.2) is 11.6 Å². The highest BCUT2D eigenvalue weighted by Crippen LogP contribution is 2.61. The molecule has 0 saturated carbocycles. The quantitative estimate of drug-likeness (QED) is 0.0220. The topological polar surface area (TPSA) is 356 Å². The SMILES string of the molecule is Cc1ncsc1-c1ccc(C(C)NC(=O)[C@@H]2C[C@@H](OP(=O)(O)OP(=O)(O)OCCNC(=O)O)CN2C(=O)C(c2cc(OCCN3CCN(CCOc4cc(N5C6CCC5CN(c5cc(-c7ccccc7O)nnc5N)C6)ccn4)[C@H](C)C3)no2)C(C)C)cc1. The number of hydrogen-bond acceptors (Lipinski definition) is 23. The van der Waals surface area contributed by atoms with Crippen molar-refractivity contribution in [2.45, 2.75) is 96.1 Å². The Morgan fingerprint density at radius 1 is 0.876 bits per heavy atom. The number of pyridine rings is 1. The van der Waals surface area contributed by atoms with E-state index in [4.69, 9.17) is 29.4 Å². The number of piperazine rings is 2. The van der Waals surface area contributed by atoms with E-state index in [-0.39, 0.29) is 48.5 Å². The summed E-state index contributed by atoms with van der Waals surface area (Å²) in [5.74, 6) is -1.28. The highest BCUT2D eigenvalue weighted by molar-refractivity contribution is 7.61. The Morgan fingerprint density at radius 3 is 2.33 bits per heavy atom. The number of fused-ring (bicyclic) bond motifs is 2. The number of phenols is 1. The largest absolute Gasteiger partial charge is 0.507 e. The van der Waals surface area contributed by atoms with Crippen LogP contribution in [0.4, 0.5) is 22.0 Å². The third-order valence-corrected chi connectivity index (χ3v) is 20.2. The Morgan fingerprint density at radius 2 is 1.62 bits per heavy atom. The molecule has 8 heterocycles. The lowest BCUT2D eigenvalue weighted by atomic mass is 9.91. The first-order valence-corrected chi connectivity index (χ1v) is 33.3. The van der Waals surface area contributed by atoms with Gasteiger partial charge < -0.3 is 65.1 Å². The molecule has 0 spiro atoms. The van der Waals surface area contributed by atoms with Crippen molar-refractivity contribution in [1.82, 2.24) is 50.7 Å². The third kappa shape index (κ3) is 16.0. The Kier molecular flexibility index (Phi) is 20.5. The summed E-state index contributed by atoms with van der Waals surface area (Å²) in [6, 6.07) is 21.0. The summed E-state index contributed by atoms with van der Waals surface area (Å²) in [7, 11) is -10.7. The summed E-state index contributed by atoms with van der Waals surface area (Å²) in [6.07, 6.45) is 0.739. The number of anilines is 3. The number of carboxylic acid groups (broad SMARTS) is 1. The number of aryl methyl sites for hydroxylation is 1. The molecule has 2 aromatic carbocycles.